The molecule has 0 aromatic carbocycles. The van der Waals surface area contributed by atoms with E-state index >= 15 is 0 Å². The van der Waals surface area contributed by atoms with Crippen LogP contribution in [0.25, 0.3) is 0 Å². The Kier molecular flexibility index (Phi) is 4.35. The van der Waals surface area contributed by atoms with Crippen LogP contribution in [-0.4, -0.2) is 48.3 Å². The van der Waals surface area contributed by atoms with Crippen LogP contribution in [0.1, 0.15) is 27.2 Å². The molecular formula is C11H24N2O. The van der Waals surface area contributed by atoms with Gasteiger partial charge < -0.3 is 15.3 Å². The van der Waals surface area contributed by atoms with E-state index < -0.39 is 0 Å². The molecule has 0 amide bonds. The van der Waals surface area contributed by atoms with Gasteiger partial charge in [0.25, 0.3) is 0 Å². The van der Waals surface area contributed by atoms with Crippen molar-refractivity contribution in [2.24, 2.45) is 5.92 Å². The Balaban J connectivity index is 2.29. The molecule has 0 bridgehead atoms. The average molecular weight is 200 g/mol. The van der Waals surface area contributed by atoms with Gasteiger partial charge in [0.1, 0.15) is 0 Å². The molecule has 1 rings (SSSR count). The zero-order valence-corrected chi connectivity index (χ0v) is 9.83. The summed E-state index contributed by atoms with van der Waals surface area (Å²) in [5.74, 6) is 0.686. The monoisotopic (exact) mass is 200 g/mol. The maximum Gasteiger partial charge on any atom is 0.0680 e. The fraction of sp³-hybridized carbons (Fsp3) is 1.00. The highest BCUT2D eigenvalue weighted by atomic mass is 16.3. The summed E-state index contributed by atoms with van der Waals surface area (Å²) in [5, 5.41) is 12.7. The summed E-state index contributed by atoms with van der Waals surface area (Å²) < 4.78 is 0. The molecule has 0 aromatic heterocycles. The van der Waals surface area contributed by atoms with Crippen molar-refractivity contribution in [2.75, 3.05) is 20.1 Å². The highest BCUT2D eigenvalue weighted by molar-refractivity contribution is 4.84. The van der Waals surface area contributed by atoms with Crippen LogP contribution >= 0.6 is 0 Å². The quantitative estimate of drug-likeness (QED) is 0.701. The summed E-state index contributed by atoms with van der Waals surface area (Å²) in [6.45, 7) is 8.55. The van der Waals surface area contributed by atoms with E-state index in [2.05, 4.69) is 38.0 Å². The molecule has 3 unspecified atom stereocenters. The number of aliphatic hydroxyl groups excluding tert-OH is 1. The second kappa shape index (κ2) is 5.10. The molecule has 1 fully saturated rings. The lowest BCUT2D eigenvalue weighted by molar-refractivity contribution is 0.173. The fourth-order valence-electron chi connectivity index (χ4n) is 1.96. The van der Waals surface area contributed by atoms with Crippen molar-refractivity contribution < 1.29 is 5.11 Å². The Bertz CT molecular complexity index is 173. The number of rotatable bonds is 4. The molecule has 0 spiro atoms. The van der Waals surface area contributed by atoms with Gasteiger partial charge in [-0.2, -0.15) is 0 Å². The molecule has 0 saturated carbocycles. The van der Waals surface area contributed by atoms with Gasteiger partial charge in [-0.3, -0.25) is 0 Å². The molecule has 3 nitrogen and oxygen atoms in total. The first-order chi connectivity index (χ1) is 6.50. The van der Waals surface area contributed by atoms with E-state index in [1.54, 1.807) is 0 Å². The van der Waals surface area contributed by atoms with Gasteiger partial charge in [-0.25, -0.2) is 0 Å². The van der Waals surface area contributed by atoms with Crippen LogP contribution < -0.4 is 5.32 Å². The second-order valence-corrected chi connectivity index (χ2v) is 4.92. The molecule has 0 aliphatic carbocycles. The molecule has 1 aliphatic rings. The maximum absolute atomic E-state index is 9.38. The van der Waals surface area contributed by atoms with Crippen LogP contribution in [0.5, 0.6) is 0 Å². The lowest BCUT2D eigenvalue weighted by atomic mass is 10.0. The first-order valence-electron chi connectivity index (χ1n) is 5.62. The number of hydrogen-bond donors (Lipinski definition) is 2. The standard InChI is InChI=1S/C11H24N2O/c1-8(2)9(3)13(4)7-10-5-11(14)6-12-10/h8-12,14H,5-7H2,1-4H3. The normalized spacial score (nSPS) is 30.2. The first kappa shape index (κ1) is 12.0. The van der Waals surface area contributed by atoms with Crippen molar-refractivity contribution in [1.82, 2.24) is 10.2 Å². The number of nitrogens with one attached hydrogen (secondary N) is 1. The molecule has 1 aliphatic heterocycles. The summed E-state index contributed by atoms with van der Waals surface area (Å²) >= 11 is 0. The van der Waals surface area contributed by atoms with E-state index in [-0.39, 0.29) is 6.10 Å². The van der Waals surface area contributed by atoms with Crippen LogP contribution in [0.2, 0.25) is 0 Å². The summed E-state index contributed by atoms with van der Waals surface area (Å²) in [4.78, 5) is 2.38. The van der Waals surface area contributed by atoms with Crippen molar-refractivity contribution in [1.29, 1.82) is 0 Å². The Morgan fingerprint density at radius 3 is 2.50 bits per heavy atom. The van der Waals surface area contributed by atoms with Crippen LogP contribution in [0.4, 0.5) is 0 Å². The van der Waals surface area contributed by atoms with Gasteiger partial charge in [-0.15, -0.1) is 0 Å². The SMILES string of the molecule is CC(C)C(C)N(C)CC1CC(O)CN1. The van der Waals surface area contributed by atoms with Crippen molar-refractivity contribution in [3.8, 4) is 0 Å². The van der Waals surface area contributed by atoms with Gasteiger partial charge >= 0.3 is 0 Å². The van der Waals surface area contributed by atoms with E-state index in [4.69, 9.17) is 0 Å². The third kappa shape index (κ3) is 3.23. The third-order valence-electron chi connectivity index (χ3n) is 3.37. The molecule has 1 saturated heterocycles. The van der Waals surface area contributed by atoms with Crippen LogP contribution in [-0.2, 0) is 0 Å². The van der Waals surface area contributed by atoms with Crippen LogP contribution in [0, 0.1) is 5.92 Å². The number of aliphatic hydroxyl groups is 1. The highest BCUT2D eigenvalue weighted by Crippen LogP contribution is 2.12. The number of nitrogens with zero attached hydrogens (tertiary/aromatic N) is 1. The number of likely N-dealkylation sites (N-methyl/N-ethyl adjacent to an activating group) is 1. The zero-order valence-electron chi connectivity index (χ0n) is 9.83. The van der Waals surface area contributed by atoms with Crippen molar-refractivity contribution in [2.45, 2.75) is 45.4 Å². The van der Waals surface area contributed by atoms with Gasteiger partial charge in [0.05, 0.1) is 6.10 Å². The van der Waals surface area contributed by atoms with Gasteiger partial charge in [-0.1, -0.05) is 13.8 Å². The summed E-state index contributed by atoms with van der Waals surface area (Å²) in [7, 11) is 2.16. The van der Waals surface area contributed by atoms with Gasteiger partial charge in [-0.05, 0) is 26.3 Å². The number of β-amino-alcohol motifs (C(OH)–C–C–N with tert-alkyl or cyclic N) is 1. The minimum Gasteiger partial charge on any atom is -0.392 e. The largest absolute Gasteiger partial charge is 0.392 e. The minimum absolute atomic E-state index is 0.136. The second-order valence-electron chi connectivity index (χ2n) is 4.92. The highest BCUT2D eigenvalue weighted by Gasteiger charge is 2.24. The topological polar surface area (TPSA) is 35.5 Å². The van der Waals surface area contributed by atoms with Crippen molar-refractivity contribution in [3.05, 3.63) is 0 Å². The van der Waals surface area contributed by atoms with Crippen molar-refractivity contribution >= 4 is 0 Å². The zero-order chi connectivity index (χ0) is 10.7. The summed E-state index contributed by atoms with van der Waals surface area (Å²) in [5.41, 5.74) is 0. The lowest BCUT2D eigenvalue weighted by Gasteiger charge is -2.30. The van der Waals surface area contributed by atoms with Gasteiger partial charge in [0, 0.05) is 25.2 Å². The average Bonchev–Trinajstić information content (AvgIpc) is 2.49. The molecule has 3 atom stereocenters. The van der Waals surface area contributed by atoms with Crippen molar-refractivity contribution in [3.63, 3.8) is 0 Å². The molecular weight excluding hydrogens is 176 g/mol. The lowest BCUT2D eigenvalue weighted by Crippen LogP contribution is -2.41. The van der Waals surface area contributed by atoms with E-state index in [0.29, 0.717) is 18.0 Å². The molecule has 0 radical (unpaired) electrons. The van der Waals surface area contributed by atoms with E-state index in [1.165, 1.54) is 0 Å². The predicted molar refractivity (Wildman–Crippen MR) is 59.3 cm³/mol. The van der Waals surface area contributed by atoms with E-state index in [0.717, 1.165) is 19.5 Å². The number of hydrogen-bond acceptors (Lipinski definition) is 3. The predicted octanol–water partition coefficient (Wildman–Crippen LogP) is 0.685. The molecule has 14 heavy (non-hydrogen) atoms. The Hall–Kier alpha value is -0.120. The molecule has 1 heterocycles. The van der Waals surface area contributed by atoms with Crippen LogP contribution in [0.3, 0.4) is 0 Å². The summed E-state index contributed by atoms with van der Waals surface area (Å²) in [6.07, 6.45) is 0.762. The maximum atomic E-state index is 9.38. The van der Waals surface area contributed by atoms with Gasteiger partial charge in [0.15, 0.2) is 0 Å². The fourth-order valence-corrected chi connectivity index (χ4v) is 1.96. The molecule has 0 aromatic rings. The minimum atomic E-state index is -0.136. The summed E-state index contributed by atoms with van der Waals surface area (Å²) in [6, 6.07) is 1.07. The Morgan fingerprint density at radius 2 is 2.07 bits per heavy atom. The smallest absolute Gasteiger partial charge is 0.0680 e. The molecule has 3 heteroatoms. The Morgan fingerprint density at radius 1 is 1.43 bits per heavy atom. The van der Waals surface area contributed by atoms with E-state index in [1.807, 2.05) is 0 Å². The Labute approximate surface area is 87.5 Å². The molecule has 2 N–H and O–H groups in total. The first-order valence-corrected chi connectivity index (χ1v) is 5.62. The molecule has 84 valence electrons. The van der Waals surface area contributed by atoms with E-state index in [9.17, 15) is 5.11 Å². The van der Waals surface area contributed by atoms with Gasteiger partial charge in [0.2, 0.25) is 0 Å². The third-order valence-corrected chi connectivity index (χ3v) is 3.37. The van der Waals surface area contributed by atoms with Crippen LogP contribution in [0.15, 0.2) is 0 Å².